The first-order valence-corrected chi connectivity index (χ1v) is 7.49. The van der Waals surface area contributed by atoms with Gasteiger partial charge in [0.1, 0.15) is 0 Å². The van der Waals surface area contributed by atoms with Gasteiger partial charge < -0.3 is 0 Å². The molecule has 0 N–H and O–H groups in total. The molecule has 0 aliphatic rings. The monoisotopic (exact) mass is 292 g/mol. The minimum absolute atomic E-state index is 0.109. The van der Waals surface area contributed by atoms with Gasteiger partial charge in [-0.2, -0.15) is 0 Å². The van der Waals surface area contributed by atoms with Crippen LogP contribution in [-0.4, -0.2) is 5.78 Å². The highest BCUT2D eigenvalue weighted by atomic mass is 35.5. The van der Waals surface area contributed by atoms with Crippen LogP contribution in [0.15, 0.2) is 17.5 Å². The van der Waals surface area contributed by atoms with Crippen molar-refractivity contribution in [3.05, 3.63) is 55.2 Å². The Bertz CT molecular complexity index is 617. The van der Waals surface area contributed by atoms with Gasteiger partial charge in [-0.25, -0.2) is 0 Å². The van der Waals surface area contributed by atoms with E-state index in [0.717, 1.165) is 11.1 Å². The molecule has 0 radical (unpaired) electrons. The molecule has 0 saturated carbocycles. The van der Waals surface area contributed by atoms with Gasteiger partial charge in [-0.1, -0.05) is 29.3 Å². The highest BCUT2D eigenvalue weighted by Crippen LogP contribution is 2.29. The molecule has 1 heterocycles. The maximum Gasteiger partial charge on any atom is 0.178 e. The van der Waals surface area contributed by atoms with Gasteiger partial charge in [0, 0.05) is 6.42 Å². The van der Waals surface area contributed by atoms with Crippen LogP contribution >= 0.6 is 22.9 Å². The van der Waals surface area contributed by atoms with Crippen LogP contribution in [0, 0.1) is 27.7 Å². The zero-order chi connectivity index (χ0) is 14.2. The molecule has 0 bridgehead atoms. The van der Waals surface area contributed by atoms with Crippen molar-refractivity contribution in [1.29, 1.82) is 0 Å². The molecule has 1 nitrogen and oxygen atoms in total. The smallest absolute Gasteiger partial charge is 0.178 e. The van der Waals surface area contributed by atoms with Gasteiger partial charge in [0.25, 0.3) is 0 Å². The molecule has 3 heteroatoms. The minimum atomic E-state index is 0.109. The Morgan fingerprint density at radius 2 is 1.68 bits per heavy atom. The van der Waals surface area contributed by atoms with Gasteiger partial charge >= 0.3 is 0 Å². The average Bonchev–Trinajstić information content (AvgIpc) is 2.64. The van der Waals surface area contributed by atoms with E-state index in [1.165, 1.54) is 28.0 Å². The minimum Gasteiger partial charge on any atom is -0.293 e. The molecule has 1 aromatic heterocycles. The molecule has 0 aliphatic heterocycles. The predicted molar refractivity (Wildman–Crippen MR) is 82.8 cm³/mol. The van der Waals surface area contributed by atoms with E-state index < -0.39 is 0 Å². The second-order valence-electron chi connectivity index (χ2n) is 5.04. The Morgan fingerprint density at radius 3 is 2.16 bits per heavy atom. The molecule has 2 aromatic rings. The summed E-state index contributed by atoms with van der Waals surface area (Å²) in [5.41, 5.74) is 5.69. The van der Waals surface area contributed by atoms with Crippen LogP contribution in [0.4, 0.5) is 0 Å². The maximum atomic E-state index is 12.4. The summed E-state index contributed by atoms with van der Waals surface area (Å²) in [5.74, 6) is 0.109. The highest BCUT2D eigenvalue weighted by Gasteiger charge is 2.17. The molecule has 0 atom stereocenters. The number of halogens is 1. The highest BCUT2D eigenvalue weighted by molar-refractivity contribution is 7.13. The largest absolute Gasteiger partial charge is 0.293 e. The molecule has 0 fully saturated rings. The number of benzene rings is 1. The molecule has 0 amide bonds. The summed E-state index contributed by atoms with van der Waals surface area (Å²) in [6.45, 7) is 8.12. The topological polar surface area (TPSA) is 17.1 Å². The van der Waals surface area contributed by atoms with Crippen LogP contribution in [-0.2, 0) is 6.42 Å². The summed E-state index contributed by atoms with van der Waals surface area (Å²) in [4.78, 5) is 13.0. The summed E-state index contributed by atoms with van der Waals surface area (Å²) in [6, 6.07) is 4.24. The van der Waals surface area contributed by atoms with Crippen LogP contribution in [0.1, 0.15) is 37.5 Å². The SMILES string of the molecule is Cc1cc(C)c(CC(=O)c2scc(C)c2Cl)c(C)c1. The molecule has 1 aromatic carbocycles. The Labute approximate surface area is 123 Å². The quantitative estimate of drug-likeness (QED) is 0.723. The number of rotatable bonds is 3. The van der Waals surface area contributed by atoms with Crippen molar-refractivity contribution in [2.24, 2.45) is 0 Å². The first kappa shape index (κ1) is 14.3. The van der Waals surface area contributed by atoms with E-state index in [9.17, 15) is 4.79 Å². The van der Waals surface area contributed by atoms with Crippen LogP contribution in [0.3, 0.4) is 0 Å². The van der Waals surface area contributed by atoms with Crippen molar-refractivity contribution in [3.63, 3.8) is 0 Å². The van der Waals surface area contributed by atoms with E-state index in [2.05, 4.69) is 32.9 Å². The molecule has 0 aliphatic carbocycles. The lowest BCUT2D eigenvalue weighted by atomic mass is 9.95. The molecule has 0 spiro atoms. The Hall–Kier alpha value is -1.12. The van der Waals surface area contributed by atoms with Crippen LogP contribution in [0.2, 0.25) is 5.02 Å². The standard InChI is InChI=1S/C16H17ClOS/c1-9-5-10(2)13(11(3)6-9)7-14(18)16-15(17)12(4)8-19-16/h5-6,8H,7H2,1-4H3. The van der Waals surface area contributed by atoms with Crippen molar-refractivity contribution in [1.82, 2.24) is 0 Å². The van der Waals surface area contributed by atoms with E-state index >= 15 is 0 Å². The fourth-order valence-corrected chi connectivity index (χ4v) is 3.59. The van der Waals surface area contributed by atoms with E-state index in [0.29, 0.717) is 16.3 Å². The molecule has 100 valence electrons. The average molecular weight is 293 g/mol. The third kappa shape index (κ3) is 2.90. The van der Waals surface area contributed by atoms with Crippen molar-refractivity contribution < 1.29 is 4.79 Å². The normalized spacial score (nSPS) is 10.8. The number of hydrogen-bond acceptors (Lipinski definition) is 2. The molecule has 0 saturated heterocycles. The summed E-state index contributed by atoms with van der Waals surface area (Å²) < 4.78 is 0. The molecule has 19 heavy (non-hydrogen) atoms. The van der Waals surface area contributed by atoms with Gasteiger partial charge in [-0.15, -0.1) is 11.3 Å². The fraction of sp³-hybridized carbons (Fsp3) is 0.312. The zero-order valence-corrected chi connectivity index (χ0v) is 13.2. The maximum absolute atomic E-state index is 12.4. The Morgan fingerprint density at radius 1 is 1.11 bits per heavy atom. The lowest BCUT2D eigenvalue weighted by Gasteiger charge is -2.10. The number of carbonyl (C=O) groups is 1. The lowest BCUT2D eigenvalue weighted by Crippen LogP contribution is -2.06. The summed E-state index contributed by atoms with van der Waals surface area (Å²) in [7, 11) is 0. The van der Waals surface area contributed by atoms with E-state index in [-0.39, 0.29) is 5.78 Å². The van der Waals surface area contributed by atoms with Gasteiger partial charge in [-0.3, -0.25) is 4.79 Å². The lowest BCUT2D eigenvalue weighted by molar-refractivity contribution is 0.0996. The Kier molecular flexibility index (Phi) is 4.12. The van der Waals surface area contributed by atoms with Crippen molar-refractivity contribution in [3.8, 4) is 0 Å². The fourth-order valence-electron chi connectivity index (χ4n) is 2.35. The van der Waals surface area contributed by atoms with Gasteiger partial charge in [0.2, 0.25) is 0 Å². The molecule has 2 rings (SSSR count). The first-order chi connectivity index (χ1) is 8.90. The van der Waals surface area contributed by atoms with E-state index in [4.69, 9.17) is 11.6 Å². The van der Waals surface area contributed by atoms with Crippen molar-refractivity contribution >= 4 is 28.7 Å². The zero-order valence-electron chi connectivity index (χ0n) is 11.6. The Balaban J connectivity index is 2.32. The summed E-state index contributed by atoms with van der Waals surface area (Å²) >= 11 is 7.60. The predicted octanol–water partition coefficient (Wildman–Crippen LogP) is 5.06. The second-order valence-corrected chi connectivity index (χ2v) is 6.30. The van der Waals surface area contributed by atoms with Crippen molar-refractivity contribution in [2.45, 2.75) is 34.1 Å². The third-order valence-corrected chi connectivity index (χ3v) is 5.07. The number of aryl methyl sites for hydroxylation is 4. The van der Waals surface area contributed by atoms with Gasteiger partial charge in [0.05, 0.1) is 9.90 Å². The van der Waals surface area contributed by atoms with Crippen LogP contribution in [0.25, 0.3) is 0 Å². The van der Waals surface area contributed by atoms with Crippen LogP contribution in [0.5, 0.6) is 0 Å². The molecular formula is C16H17ClOS. The first-order valence-electron chi connectivity index (χ1n) is 6.23. The summed E-state index contributed by atoms with van der Waals surface area (Å²) in [5, 5.41) is 2.54. The number of hydrogen-bond donors (Lipinski definition) is 0. The van der Waals surface area contributed by atoms with Gasteiger partial charge in [-0.05, 0) is 55.3 Å². The third-order valence-electron chi connectivity index (χ3n) is 3.33. The van der Waals surface area contributed by atoms with E-state index in [1.807, 2.05) is 12.3 Å². The number of Topliss-reactive ketones (excluding diaryl/α,β-unsaturated/α-hetero) is 1. The molecule has 0 unspecified atom stereocenters. The number of ketones is 1. The molecular weight excluding hydrogens is 276 g/mol. The van der Waals surface area contributed by atoms with Crippen molar-refractivity contribution in [2.75, 3.05) is 0 Å². The summed E-state index contributed by atoms with van der Waals surface area (Å²) in [6.07, 6.45) is 0.428. The van der Waals surface area contributed by atoms with E-state index in [1.54, 1.807) is 0 Å². The number of thiophene rings is 1. The second kappa shape index (κ2) is 5.48. The number of carbonyl (C=O) groups excluding carboxylic acids is 1. The van der Waals surface area contributed by atoms with Gasteiger partial charge in [0.15, 0.2) is 5.78 Å². The van der Waals surface area contributed by atoms with Crippen LogP contribution < -0.4 is 0 Å².